The van der Waals surface area contributed by atoms with E-state index >= 15 is 0 Å². The maximum Gasteiger partial charge on any atom is 0.318 e. The van der Waals surface area contributed by atoms with E-state index in [1.165, 1.54) is 8.61 Å². The van der Waals surface area contributed by atoms with E-state index in [1.807, 2.05) is 35.2 Å². The van der Waals surface area contributed by atoms with Crippen LogP contribution in [-0.2, 0) is 15.0 Å². The summed E-state index contributed by atoms with van der Waals surface area (Å²) in [5, 5.41) is 2.16. The summed E-state index contributed by atoms with van der Waals surface area (Å²) < 4.78 is 29.2. The zero-order valence-corrected chi connectivity index (χ0v) is 18.2. The third-order valence-electron chi connectivity index (χ3n) is 6.03. The molecule has 1 unspecified atom stereocenters. The second-order valence-electron chi connectivity index (χ2n) is 7.92. The quantitative estimate of drug-likeness (QED) is 0.690. The van der Waals surface area contributed by atoms with Crippen LogP contribution in [0.1, 0.15) is 43.7 Å². The molecule has 3 N–H and O–H groups in total. The molecular weight excluding hydrogens is 406 g/mol. The minimum Gasteiger partial charge on any atom is -0.351 e. The number of nitrogens with zero attached hydrogens (tertiary/aromatic N) is 3. The predicted octanol–water partition coefficient (Wildman–Crippen LogP) is 1.05. The number of amides is 3. The summed E-state index contributed by atoms with van der Waals surface area (Å²) in [6.07, 6.45) is 5.09. The van der Waals surface area contributed by atoms with Crippen molar-refractivity contribution >= 4 is 22.1 Å². The molecular formula is C20H31N5O4S. The Labute approximate surface area is 178 Å². The zero-order valence-electron chi connectivity index (χ0n) is 17.4. The van der Waals surface area contributed by atoms with Gasteiger partial charge in [-0.3, -0.25) is 15.0 Å². The first-order valence-corrected chi connectivity index (χ1v) is 11.8. The van der Waals surface area contributed by atoms with Crippen molar-refractivity contribution in [2.24, 2.45) is 5.73 Å². The average Bonchev–Trinajstić information content (AvgIpc) is 2.74. The van der Waals surface area contributed by atoms with Crippen molar-refractivity contribution in [1.82, 2.24) is 18.8 Å². The van der Waals surface area contributed by atoms with Crippen molar-refractivity contribution in [2.45, 2.75) is 44.2 Å². The van der Waals surface area contributed by atoms with Crippen LogP contribution in [0, 0.1) is 0 Å². The summed E-state index contributed by atoms with van der Waals surface area (Å²) in [5.41, 5.74) is 5.87. The lowest BCUT2D eigenvalue weighted by atomic mass is 9.96. The molecule has 0 radical (unpaired) electrons. The highest BCUT2D eigenvalue weighted by molar-refractivity contribution is 7.86. The van der Waals surface area contributed by atoms with E-state index in [1.54, 1.807) is 7.05 Å². The molecule has 9 nitrogen and oxygen atoms in total. The molecule has 1 saturated heterocycles. The maximum atomic E-state index is 13.1. The lowest BCUT2D eigenvalue weighted by molar-refractivity contribution is -0.126. The average molecular weight is 438 g/mol. The molecule has 166 valence electrons. The second-order valence-corrected chi connectivity index (χ2v) is 9.91. The third kappa shape index (κ3) is 5.18. The molecule has 1 aromatic rings. The van der Waals surface area contributed by atoms with Crippen LogP contribution in [0.15, 0.2) is 30.3 Å². The largest absolute Gasteiger partial charge is 0.351 e. The van der Waals surface area contributed by atoms with Gasteiger partial charge in [0.2, 0.25) is 5.91 Å². The first kappa shape index (κ1) is 22.7. The van der Waals surface area contributed by atoms with Crippen LogP contribution in [-0.4, -0.2) is 73.1 Å². The summed E-state index contributed by atoms with van der Waals surface area (Å²) in [6.45, 7) is 1.33. The van der Waals surface area contributed by atoms with Gasteiger partial charge in [0.1, 0.15) is 6.04 Å². The number of nitrogens with one attached hydrogen (secondary N) is 1. The Bertz CT molecular complexity index is 834. The van der Waals surface area contributed by atoms with Crippen molar-refractivity contribution in [3.8, 4) is 0 Å². The predicted molar refractivity (Wildman–Crippen MR) is 114 cm³/mol. The summed E-state index contributed by atoms with van der Waals surface area (Å²) in [5.74, 6) is -0.510. The Morgan fingerprint density at radius 1 is 1.07 bits per heavy atom. The Morgan fingerprint density at radius 2 is 1.67 bits per heavy atom. The monoisotopic (exact) mass is 437 g/mol. The van der Waals surface area contributed by atoms with Crippen molar-refractivity contribution in [3.63, 3.8) is 0 Å². The van der Waals surface area contributed by atoms with E-state index in [-0.39, 0.29) is 19.1 Å². The van der Waals surface area contributed by atoms with E-state index in [2.05, 4.69) is 5.32 Å². The van der Waals surface area contributed by atoms with Crippen LogP contribution >= 0.6 is 0 Å². The van der Waals surface area contributed by atoms with Crippen LogP contribution in [0.3, 0.4) is 0 Å². The molecule has 1 atom stereocenters. The Morgan fingerprint density at radius 3 is 2.23 bits per heavy atom. The number of rotatable bonds is 6. The molecule has 1 saturated carbocycles. The number of hydrogen-bond acceptors (Lipinski definition) is 5. The first-order valence-electron chi connectivity index (χ1n) is 10.4. The molecule has 3 rings (SSSR count). The van der Waals surface area contributed by atoms with Crippen LogP contribution in [0.25, 0.3) is 0 Å². The Hall–Kier alpha value is -2.01. The molecule has 3 amide bonds. The van der Waals surface area contributed by atoms with E-state index in [4.69, 9.17) is 5.73 Å². The van der Waals surface area contributed by atoms with E-state index in [0.717, 1.165) is 37.7 Å². The van der Waals surface area contributed by atoms with Gasteiger partial charge < -0.3 is 5.73 Å². The van der Waals surface area contributed by atoms with Gasteiger partial charge in [0, 0.05) is 39.3 Å². The van der Waals surface area contributed by atoms with Gasteiger partial charge in [-0.25, -0.2) is 4.79 Å². The molecule has 0 aromatic heterocycles. The van der Waals surface area contributed by atoms with Crippen LogP contribution in [0.4, 0.5) is 4.79 Å². The topological polar surface area (TPSA) is 116 Å². The molecule has 1 aromatic carbocycles. The van der Waals surface area contributed by atoms with E-state index in [9.17, 15) is 18.0 Å². The van der Waals surface area contributed by atoms with Crippen molar-refractivity contribution in [3.05, 3.63) is 35.9 Å². The van der Waals surface area contributed by atoms with Gasteiger partial charge in [-0.2, -0.15) is 17.0 Å². The summed E-state index contributed by atoms with van der Waals surface area (Å²) in [4.78, 5) is 25.8. The number of hydrogen-bond donors (Lipinski definition) is 2. The molecule has 30 heavy (non-hydrogen) atoms. The normalized spacial score (nSPS) is 20.7. The number of primary amides is 1. The Balaban J connectivity index is 1.70. The molecule has 2 aliphatic rings. The fraction of sp³-hybridized carbons (Fsp3) is 0.600. The summed E-state index contributed by atoms with van der Waals surface area (Å²) >= 11 is 0. The van der Waals surface area contributed by atoms with Gasteiger partial charge in [-0.05, 0) is 18.4 Å². The molecule has 0 bridgehead atoms. The molecule has 1 aliphatic carbocycles. The van der Waals surface area contributed by atoms with Crippen molar-refractivity contribution < 1.29 is 18.0 Å². The van der Waals surface area contributed by atoms with Gasteiger partial charge in [0.25, 0.3) is 10.2 Å². The van der Waals surface area contributed by atoms with Crippen LogP contribution < -0.4 is 11.1 Å². The SMILES string of the molecule is CN(C1CCCCC1)S(=O)(=O)N1CCN(C(C(=O)NC(N)=O)c2ccccc2)CC1. The summed E-state index contributed by atoms with van der Waals surface area (Å²) in [6, 6.07) is 7.55. The molecule has 1 aliphatic heterocycles. The van der Waals surface area contributed by atoms with Crippen LogP contribution in [0.2, 0.25) is 0 Å². The first-order chi connectivity index (χ1) is 14.3. The smallest absolute Gasteiger partial charge is 0.318 e. The standard InChI is InChI=1S/C20H31N5O4S/c1-23(17-10-6-3-7-11-17)30(28,29)25-14-12-24(13-15-25)18(19(26)22-20(21)27)16-8-4-2-5-9-16/h2,4-5,8-9,17-18H,3,6-7,10-15H2,1H3,(H3,21,22,26,27). The highest BCUT2D eigenvalue weighted by Crippen LogP contribution is 2.27. The lowest BCUT2D eigenvalue weighted by Crippen LogP contribution is -2.56. The minimum absolute atomic E-state index is 0.0557. The van der Waals surface area contributed by atoms with Gasteiger partial charge in [-0.1, -0.05) is 49.6 Å². The summed E-state index contributed by atoms with van der Waals surface area (Å²) in [7, 11) is -1.88. The highest BCUT2D eigenvalue weighted by atomic mass is 32.2. The number of urea groups is 1. The van der Waals surface area contributed by atoms with E-state index in [0.29, 0.717) is 13.1 Å². The number of imide groups is 1. The number of carbonyl (C=O) groups is 2. The number of piperazine rings is 1. The maximum absolute atomic E-state index is 13.1. The highest BCUT2D eigenvalue weighted by Gasteiger charge is 2.37. The van der Waals surface area contributed by atoms with Gasteiger partial charge in [0.05, 0.1) is 0 Å². The van der Waals surface area contributed by atoms with Crippen molar-refractivity contribution in [1.29, 1.82) is 0 Å². The van der Waals surface area contributed by atoms with Gasteiger partial charge in [-0.15, -0.1) is 0 Å². The lowest BCUT2D eigenvalue weighted by Gasteiger charge is -2.40. The second kappa shape index (κ2) is 9.86. The number of benzene rings is 1. The number of carbonyl (C=O) groups excluding carboxylic acids is 2. The fourth-order valence-corrected chi connectivity index (χ4v) is 5.94. The van der Waals surface area contributed by atoms with Crippen LogP contribution in [0.5, 0.6) is 0 Å². The van der Waals surface area contributed by atoms with E-state index < -0.39 is 28.2 Å². The zero-order chi connectivity index (χ0) is 21.7. The fourth-order valence-electron chi connectivity index (χ4n) is 4.36. The van der Waals surface area contributed by atoms with Gasteiger partial charge in [0.15, 0.2) is 0 Å². The third-order valence-corrected chi connectivity index (χ3v) is 8.07. The number of nitrogens with two attached hydrogens (primary N) is 1. The molecule has 1 heterocycles. The molecule has 0 spiro atoms. The van der Waals surface area contributed by atoms with Crippen molar-refractivity contribution in [2.75, 3.05) is 33.2 Å². The molecule has 10 heteroatoms. The van der Waals surface area contributed by atoms with Gasteiger partial charge >= 0.3 is 6.03 Å². The molecule has 2 fully saturated rings. The Kier molecular flexibility index (Phi) is 7.45. The minimum atomic E-state index is -3.55.